The Morgan fingerprint density at radius 1 is 1.26 bits per heavy atom. The first-order chi connectivity index (χ1) is 9.01. The fourth-order valence-corrected chi connectivity index (χ4v) is 1.76. The zero-order valence-corrected chi connectivity index (χ0v) is 11.0. The molecule has 0 saturated carbocycles. The Balaban J connectivity index is 2.42. The van der Waals surface area contributed by atoms with E-state index >= 15 is 0 Å². The molecule has 1 aromatic heterocycles. The Kier molecular flexibility index (Phi) is 3.62. The number of hydrogen-bond donors (Lipinski definition) is 2. The van der Waals surface area contributed by atoms with Crippen LogP contribution < -0.4 is 11.1 Å². The molecule has 96 valence electrons. The van der Waals surface area contributed by atoms with Gasteiger partial charge in [0.2, 0.25) is 0 Å². The number of nitrogens with zero attached hydrogens (tertiary/aromatic N) is 2. The Labute approximate surface area is 116 Å². The summed E-state index contributed by atoms with van der Waals surface area (Å²) in [5, 5.41) is 11.6. The topological polar surface area (TPSA) is 74.7 Å². The molecule has 0 bridgehead atoms. The highest BCUT2D eigenvalue weighted by atomic mass is 79.9. The third-order valence-electron chi connectivity index (χ3n) is 2.29. The highest BCUT2D eigenvalue weighted by Gasteiger charge is 2.11. The number of nitrogens with two attached hydrogens (primary N) is 1. The van der Waals surface area contributed by atoms with E-state index in [4.69, 9.17) is 11.0 Å². The van der Waals surface area contributed by atoms with Crippen LogP contribution in [0.1, 0.15) is 5.56 Å². The molecule has 0 aliphatic carbocycles. The van der Waals surface area contributed by atoms with Crippen LogP contribution >= 0.6 is 15.9 Å². The molecule has 0 unspecified atom stereocenters. The lowest BCUT2D eigenvalue weighted by molar-refractivity contribution is 0.581. The van der Waals surface area contributed by atoms with Crippen molar-refractivity contribution in [3.63, 3.8) is 0 Å². The highest BCUT2D eigenvalue weighted by molar-refractivity contribution is 9.10. The van der Waals surface area contributed by atoms with Crippen molar-refractivity contribution < 1.29 is 8.78 Å². The maximum Gasteiger partial charge on any atom is 0.149 e. The maximum absolute atomic E-state index is 13.6. The molecule has 1 heterocycles. The van der Waals surface area contributed by atoms with Gasteiger partial charge < -0.3 is 11.1 Å². The monoisotopic (exact) mass is 324 g/mol. The summed E-state index contributed by atoms with van der Waals surface area (Å²) in [5.74, 6) is -1.36. The molecule has 0 radical (unpaired) electrons. The number of nitriles is 1. The first kappa shape index (κ1) is 13.2. The summed E-state index contributed by atoms with van der Waals surface area (Å²) in [6.07, 6.45) is 1.33. The Morgan fingerprint density at radius 3 is 2.68 bits per heavy atom. The largest absolute Gasteiger partial charge is 0.397 e. The van der Waals surface area contributed by atoms with Crippen molar-refractivity contribution in [1.82, 2.24) is 4.98 Å². The van der Waals surface area contributed by atoms with Crippen LogP contribution in [0.2, 0.25) is 0 Å². The second-order valence-electron chi connectivity index (χ2n) is 3.65. The number of anilines is 3. The van der Waals surface area contributed by atoms with Crippen LogP contribution in [-0.2, 0) is 0 Å². The van der Waals surface area contributed by atoms with E-state index in [-0.39, 0.29) is 21.5 Å². The third kappa shape index (κ3) is 2.80. The van der Waals surface area contributed by atoms with Gasteiger partial charge >= 0.3 is 0 Å². The van der Waals surface area contributed by atoms with Gasteiger partial charge in [-0.05, 0) is 28.1 Å². The number of hydrogen-bond acceptors (Lipinski definition) is 4. The quantitative estimate of drug-likeness (QED) is 0.831. The number of rotatable bonds is 2. The van der Waals surface area contributed by atoms with E-state index in [1.54, 1.807) is 0 Å². The van der Waals surface area contributed by atoms with Crippen LogP contribution in [0.25, 0.3) is 0 Å². The van der Waals surface area contributed by atoms with Crippen molar-refractivity contribution >= 4 is 33.1 Å². The summed E-state index contributed by atoms with van der Waals surface area (Å²) in [6, 6.07) is 5.26. The lowest BCUT2D eigenvalue weighted by Crippen LogP contribution is -2.01. The van der Waals surface area contributed by atoms with Crippen LogP contribution in [0.3, 0.4) is 0 Å². The smallest absolute Gasteiger partial charge is 0.149 e. The van der Waals surface area contributed by atoms with E-state index in [0.29, 0.717) is 5.69 Å². The van der Waals surface area contributed by atoms with Gasteiger partial charge in [0, 0.05) is 6.07 Å². The number of nitrogen functional groups attached to an aromatic ring is 1. The molecule has 0 aliphatic heterocycles. The number of aromatic nitrogens is 1. The van der Waals surface area contributed by atoms with Gasteiger partial charge in [0.15, 0.2) is 0 Å². The van der Waals surface area contributed by atoms with Crippen molar-refractivity contribution in [3.8, 4) is 6.07 Å². The molecule has 0 amide bonds. The van der Waals surface area contributed by atoms with E-state index in [0.717, 1.165) is 6.07 Å². The predicted octanol–water partition coefficient (Wildman–Crippen LogP) is 3.32. The molecule has 1 aromatic carbocycles. The van der Waals surface area contributed by atoms with Crippen molar-refractivity contribution in [2.24, 2.45) is 0 Å². The van der Waals surface area contributed by atoms with E-state index in [1.165, 1.54) is 18.3 Å². The van der Waals surface area contributed by atoms with Gasteiger partial charge in [0.1, 0.15) is 23.5 Å². The lowest BCUT2D eigenvalue weighted by atomic mass is 10.2. The fourth-order valence-electron chi connectivity index (χ4n) is 1.41. The van der Waals surface area contributed by atoms with Crippen LogP contribution in [0.4, 0.5) is 26.0 Å². The molecule has 0 aliphatic rings. The molecular formula is C12H7BrF2N4. The standard InChI is InChI=1S/C12H7BrF2N4/c13-8-2-11(10(15)3-9(8)14)19-12-6(4-16)1-7(17)5-18-12/h1-3,5H,17H2,(H,18,19). The molecule has 0 spiro atoms. The average molecular weight is 325 g/mol. The van der Waals surface area contributed by atoms with Gasteiger partial charge in [0.25, 0.3) is 0 Å². The molecule has 0 atom stereocenters. The number of benzene rings is 1. The maximum atomic E-state index is 13.6. The molecule has 19 heavy (non-hydrogen) atoms. The fraction of sp³-hybridized carbons (Fsp3) is 0. The van der Waals surface area contributed by atoms with E-state index in [1.807, 2.05) is 6.07 Å². The van der Waals surface area contributed by atoms with Gasteiger partial charge in [-0.3, -0.25) is 0 Å². The summed E-state index contributed by atoms with van der Waals surface area (Å²) < 4.78 is 26.8. The van der Waals surface area contributed by atoms with Crippen LogP contribution in [0, 0.1) is 23.0 Å². The lowest BCUT2D eigenvalue weighted by Gasteiger charge is -2.09. The molecule has 2 aromatic rings. The molecule has 0 saturated heterocycles. The third-order valence-corrected chi connectivity index (χ3v) is 2.90. The van der Waals surface area contributed by atoms with E-state index < -0.39 is 11.6 Å². The zero-order valence-electron chi connectivity index (χ0n) is 9.42. The van der Waals surface area contributed by atoms with E-state index in [2.05, 4.69) is 26.2 Å². The SMILES string of the molecule is N#Cc1cc(N)cnc1Nc1cc(Br)c(F)cc1F. The van der Waals surface area contributed by atoms with Gasteiger partial charge in [-0.15, -0.1) is 0 Å². The minimum absolute atomic E-state index is 0.00189. The zero-order chi connectivity index (χ0) is 14.0. The molecule has 0 fully saturated rings. The Bertz CT molecular complexity index is 682. The molecular weight excluding hydrogens is 318 g/mol. The second kappa shape index (κ2) is 5.20. The van der Waals surface area contributed by atoms with Crippen molar-refractivity contribution in [1.29, 1.82) is 5.26 Å². The van der Waals surface area contributed by atoms with Gasteiger partial charge in [-0.1, -0.05) is 0 Å². The van der Waals surface area contributed by atoms with Gasteiger partial charge in [-0.25, -0.2) is 13.8 Å². The summed E-state index contributed by atoms with van der Waals surface area (Å²) in [7, 11) is 0. The van der Waals surface area contributed by atoms with E-state index in [9.17, 15) is 8.78 Å². The summed E-state index contributed by atoms with van der Waals surface area (Å²) >= 11 is 2.95. The minimum Gasteiger partial charge on any atom is -0.397 e. The van der Waals surface area contributed by atoms with Crippen molar-refractivity contribution in [3.05, 3.63) is 46.1 Å². The summed E-state index contributed by atoms with van der Waals surface area (Å²) in [4.78, 5) is 3.90. The molecule has 7 heteroatoms. The number of halogens is 3. The first-order valence-electron chi connectivity index (χ1n) is 5.08. The van der Waals surface area contributed by atoms with Crippen molar-refractivity contribution in [2.45, 2.75) is 0 Å². The highest BCUT2D eigenvalue weighted by Crippen LogP contribution is 2.27. The van der Waals surface area contributed by atoms with Gasteiger partial charge in [-0.2, -0.15) is 5.26 Å². The van der Waals surface area contributed by atoms with Crippen LogP contribution in [0.15, 0.2) is 28.9 Å². The minimum atomic E-state index is -0.789. The molecule has 3 N–H and O–H groups in total. The number of nitrogens with one attached hydrogen (secondary N) is 1. The van der Waals surface area contributed by atoms with Crippen LogP contribution in [0.5, 0.6) is 0 Å². The molecule has 4 nitrogen and oxygen atoms in total. The van der Waals surface area contributed by atoms with Crippen LogP contribution in [-0.4, -0.2) is 4.98 Å². The Hall–Kier alpha value is -2.20. The number of pyridine rings is 1. The van der Waals surface area contributed by atoms with Crippen molar-refractivity contribution in [2.75, 3.05) is 11.1 Å². The first-order valence-corrected chi connectivity index (χ1v) is 5.87. The predicted molar refractivity (Wildman–Crippen MR) is 70.7 cm³/mol. The second-order valence-corrected chi connectivity index (χ2v) is 4.50. The summed E-state index contributed by atoms with van der Waals surface area (Å²) in [6.45, 7) is 0. The normalized spacial score (nSPS) is 10.0. The Morgan fingerprint density at radius 2 is 2.00 bits per heavy atom. The average Bonchev–Trinajstić information content (AvgIpc) is 2.37. The van der Waals surface area contributed by atoms with Gasteiger partial charge in [0.05, 0.1) is 27.6 Å². The molecule has 2 rings (SSSR count). The summed E-state index contributed by atoms with van der Waals surface area (Å²) in [5.41, 5.74) is 5.99.